The van der Waals surface area contributed by atoms with E-state index in [-0.39, 0.29) is 23.2 Å². The van der Waals surface area contributed by atoms with E-state index in [9.17, 15) is 14.0 Å². The summed E-state index contributed by atoms with van der Waals surface area (Å²) < 4.78 is 19.9. The minimum absolute atomic E-state index is 0.0212. The van der Waals surface area contributed by atoms with E-state index in [1.807, 2.05) is 19.1 Å². The Bertz CT molecular complexity index is 1080. The van der Waals surface area contributed by atoms with Crippen LogP contribution in [0.4, 0.5) is 10.2 Å². The van der Waals surface area contributed by atoms with Crippen LogP contribution in [0.25, 0.3) is 5.69 Å². The number of hydrogen-bond acceptors (Lipinski definition) is 5. The van der Waals surface area contributed by atoms with Crippen LogP contribution in [0.1, 0.15) is 24.4 Å². The molecular formula is C22H23FN4O3. The lowest BCUT2D eigenvalue weighted by Gasteiger charge is -2.32. The monoisotopic (exact) mass is 410 g/mol. The van der Waals surface area contributed by atoms with Gasteiger partial charge >= 0.3 is 0 Å². The zero-order chi connectivity index (χ0) is 21.1. The number of nitrogens with zero attached hydrogens (tertiary/aromatic N) is 3. The van der Waals surface area contributed by atoms with E-state index in [1.54, 1.807) is 6.07 Å². The number of aromatic nitrogens is 2. The van der Waals surface area contributed by atoms with Crippen LogP contribution in [0.3, 0.4) is 0 Å². The quantitative estimate of drug-likeness (QED) is 0.700. The second-order valence-corrected chi connectivity index (χ2v) is 7.41. The lowest BCUT2D eigenvalue weighted by Crippen LogP contribution is -2.41. The number of anilines is 1. The van der Waals surface area contributed by atoms with Gasteiger partial charge in [0.05, 0.1) is 12.2 Å². The molecule has 2 aromatic heterocycles. The van der Waals surface area contributed by atoms with Gasteiger partial charge in [-0.1, -0.05) is 0 Å². The fraction of sp³-hybridized carbons (Fsp3) is 0.318. The first-order chi connectivity index (χ1) is 14.5. The maximum Gasteiger partial charge on any atom is 0.271 e. The molecule has 4 rings (SSSR count). The van der Waals surface area contributed by atoms with Gasteiger partial charge in [-0.3, -0.25) is 9.59 Å². The van der Waals surface area contributed by atoms with Gasteiger partial charge in [0.2, 0.25) is 5.91 Å². The van der Waals surface area contributed by atoms with Gasteiger partial charge in [-0.25, -0.2) is 4.39 Å². The van der Waals surface area contributed by atoms with Crippen molar-refractivity contribution in [3.05, 3.63) is 76.2 Å². The molecule has 8 heteroatoms. The first kappa shape index (κ1) is 19.9. The number of halogens is 1. The highest BCUT2D eigenvalue weighted by molar-refractivity contribution is 5.78. The van der Waals surface area contributed by atoms with E-state index in [4.69, 9.17) is 4.42 Å². The molecule has 0 bridgehead atoms. The van der Waals surface area contributed by atoms with Gasteiger partial charge in [0.15, 0.2) is 0 Å². The van der Waals surface area contributed by atoms with Gasteiger partial charge in [0.25, 0.3) is 5.56 Å². The highest BCUT2D eigenvalue weighted by atomic mass is 19.1. The molecule has 3 aromatic rings. The zero-order valence-electron chi connectivity index (χ0n) is 16.7. The smallest absolute Gasteiger partial charge is 0.271 e. The summed E-state index contributed by atoms with van der Waals surface area (Å²) in [5.74, 6) is 1.80. The van der Waals surface area contributed by atoms with Crippen LogP contribution in [0.5, 0.6) is 0 Å². The first-order valence-electron chi connectivity index (χ1n) is 9.94. The molecule has 1 aliphatic heterocycles. The summed E-state index contributed by atoms with van der Waals surface area (Å²) in [6, 6.07) is 12.5. The molecule has 1 fully saturated rings. The molecule has 1 aromatic carbocycles. The number of furan rings is 1. The molecule has 1 N–H and O–H groups in total. The van der Waals surface area contributed by atoms with Gasteiger partial charge in [-0.15, -0.1) is 5.10 Å². The predicted molar refractivity (Wildman–Crippen MR) is 110 cm³/mol. The Kier molecular flexibility index (Phi) is 5.65. The van der Waals surface area contributed by atoms with E-state index in [2.05, 4.69) is 15.3 Å². The standard InChI is InChI=1S/C22H23FN4O3/c1-15-2-7-19(30-15)14-24-22(29)16-10-12-26(13-11-16)20-8-9-21(28)27(25-20)18-5-3-17(23)4-6-18/h2-9,16H,10-14H2,1H3,(H,24,29). The number of amides is 1. The van der Waals surface area contributed by atoms with E-state index in [0.29, 0.717) is 44.0 Å². The van der Waals surface area contributed by atoms with Crippen LogP contribution in [0.15, 0.2) is 57.7 Å². The number of hydrogen-bond donors (Lipinski definition) is 1. The Hall–Kier alpha value is -3.42. The van der Waals surface area contributed by atoms with Crippen molar-refractivity contribution in [3.8, 4) is 5.69 Å². The third kappa shape index (κ3) is 4.42. The van der Waals surface area contributed by atoms with Gasteiger partial charge in [0.1, 0.15) is 23.2 Å². The second kappa shape index (κ2) is 8.52. The van der Waals surface area contributed by atoms with Crippen molar-refractivity contribution in [3.63, 3.8) is 0 Å². The van der Waals surface area contributed by atoms with Crippen LogP contribution in [-0.2, 0) is 11.3 Å². The average molecular weight is 410 g/mol. The van der Waals surface area contributed by atoms with Crippen LogP contribution in [-0.4, -0.2) is 28.8 Å². The molecule has 3 heterocycles. The third-order valence-corrected chi connectivity index (χ3v) is 5.28. The van der Waals surface area contributed by atoms with E-state index in [1.165, 1.54) is 35.0 Å². The molecule has 1 saturated heterocycles. The Labute approximate surface area is 173 Å². The lowest BCUT2D eigenvalue weighted by molar-refractivity contribution is -0.125. The summed E-state index contributed by atoms with van der Waals surface area (Å²) in [5, 5.41) is 7.38. The van der Waals surface area contributed by atoms with Crippen LogP contribution in [0, 0.1) is 18.7 Å². The van der Waals surface area contributed by atoms with Crippen LogP contribution < -0.4 is 15.8 Å². The summed E-state index contributed by atoms with van der Waals surface area (Å²) in [6.07, 6.45) is 1.39. The number of nitrogens with one attached hydrogen (secondary N) is 1. The molecule has 156 valence electrons. The Morgan fingerprint density at radius 2 is 1.87 bits per heavy atom. The fourth-order valence-electron chi connectivity index (χ4n) is 3.61. The lowest BCUT2D eigenvalue weighted by atomic mass is 9.96. The molecule has 0 radical (unpaired) electrons. The van der Waals surface area contributed by atoms with Gasteiger partial charge < -0.3 is 14.6 Å². The maximum atomic E-state index is 13.2. The van der Waals surface area contributed by atoms with Crippen molar-refractivity contribution in [1.82, 2.24) is 15.1 Å². The van der Waals surface area contributed by atoms with Crippen LogP contribution >= 0.6 is 0 Å². The molecule has 1 amide bonds. The maximum absolute atomic E-state index is 13.2. The highest BCUT2D eigenvalue weighted by Crippen LogP contribution is 2.22. The van der Waals surface area contributed by atoms with Crippen molar-refractivity contribution < 1.29 is 13.6 Å². The topological polar surface area (TPSA) is 80.4 Å². The van der Waals surface area contributed by atoms with E-state index < -0.39 is 0 Å². The minimum atomic E-state index is -0.370. The minimum Gasteiger partial charge on any atom is -0.465 e. The van der Waals surface area contributed by atoms with E-state index in [0.717, 1.165) is 11.5 Å². The van der Waals surface area contributed by atoms with Crippen molar-refractivity contribution >= 4 is 11.7 Å². The Balaban J connectivity index is 1.38. The molecule has 0 saturated carbocycles. The van der Waals surface area contributed by atoms with Crippen molar-refractivity contribution in [2.75, 3.05) is 18.0 Å². The molecule has 30 heavy (non-hydrogen) atoms. The normalized spacial score (nSPS) is 14.7. The van der Waals surface area contributed by atoms with E-state index >= 15 is 0 Å². The third-order valence-electron chi connectivity index (χ3n) is 5.28. The predicted octanol–water partition coefficient (Wildman–Crippen LogP) is 2.81. The number of carbonyl (C=O) groups excluding carboxylic acids is 1. The molecule has 7 nitrogen and oxygen atoms in total. The number of rotatable bonds is 5. The number of aryl methyl sites for hydroxylation is 1. The summed E-state index contributed by atoms with van der Waals surface area (Å²) in [4.78, 5) is 26.7. The number of piperidine rings is 1. The van der Waals surface area contributed by atoms with Gasteiger partial charge in [-0.05, 0) is 62.2 Å². The molecular weight excluding hydrogens is 387 g/mol. The van der Waals surface area contributed by atoms with Gasteiger partial charge in [-0.2, -0.15) is 4.68 Å². The molecule has 1 aliphatic rings. The highest BCUT2D eigenvalue weighted by Gasteiger charge is 2.26. The Morgan fingerprint density at radius 3 is 2.53 bits per heavy atom. The van der Waals surface area contributed by atoms with Crippen molar-refractivity contribution in [1.29, 1.82) is 0 Å². The summed E-state index contributed by atoms with van der Waals surface area (Å²) >= 11 is 0. The molecule has 0 spiro atoms. The van der Waals surface area contributed by atoms with Crippen molar-refractivity contribution in [2.45, 2.75) is 26.3 Å². The van der Waals surface area contributed by atoms with Gasteiger partial charge in [0, 0.05) is 25.1 Å². The molecule has 0 unspecified atom stereocenters. The zero-order valence-corrected chi connectivity index (χ0v) is 16.7. The summed E-state index contributed by atoms with van der Waals surface area (Å²) in [7, 11) is 0. The molecule has 0 atom stereocenters. The summed E-state index contributed by atoms with van der Waals surface area (Å²) in [5.41, 5.74) is 0.221. The number of benzene rings is 1. The van der Waals surface area contributed by atoms with Crippen LogP contribution in [0.2, 0.25) is 0 Å². The molecule has 0 aliphatic carbocycles. The first-order valence-corrected chi connectivity index (χ1v) is 9.94. The average Bonchev–Trinajstić information content (AvgIpc) is 3.18. The Morgan fingerprint density at radius 1 is 1.13 bits per heavy atom. The summed E-state index contributed by atoms with van der Waals surface area (Å²) in [6.45, 7) is 3.57. The second-order valence-electron chi connectivity index (χ2n) is 7.41. The fourth-order valence-corrected chi connectivity index (χ4v) is 3.61. The largest absolute Gasteiger partial charge is 0.465 e. The SMILES string of the molecule is Cc1ccc(CNC(=O)C2CCN(c3ccc(=O)n(-c4ccc(F)cc4)n3)CC2)o1. The number of carbonyl (C=O) groups is 1. The van der Waals surface area contributed by atoms with Crippen molar-refractivity contribution in [2.24, 2.45) is 5.92 Å².